The standard InChI is InChI=1S/C5H10N4S/c1-3-10-5-7-4(6)8-9(5)2/h3H2,1-2H3,(H2,6,8). The Kier molecular flexibility index (Phi) is 2.16. The molecule has 1 rings (SSSR count). The number of aryl methyl sites for hydroxylation is 1. The van der Waals surface area contributed by atoms with E-state index in [1.54, 1.807) is 16.4 Å². The predicted molar refractivity (Wildman–Crippen MR) is 41.8 cm³/mol. The number of hydrogen-bond donors (Lipinski definition) is 1. The third-order valence-electron chi connectivity index (χ3n) is 1.01. The van der Waals surface area contributed by atoms with Gasteiger partial charge in [0.05, 0.1) is 0 Å². The molecule has 56 valence electrons. The van der Waals surface area contributed by atoms with Gasteiger partial charge in [0.1, 0.15) is 0 Å². The molecule has 0 spiro atoms. The van der Waals surface area contributed by atoms with E-state index in [4.69, 9.17) is 5.73 Å². The van der Waals surface area contributed by atoms with E-state index in [-0.39, 0.29) is 0 Å². The molecule has 0 saturated carbocycles. The molecule has 1 aromatic heterocycles. The first-order valence-corrected chi connectivity index (χ1v) is 4.02. The van der Waals surface area contributed by atoms with Crippen molar-refractivity contribution in [2.75, 3.05) is 11.5 Å². The fourth-order valence-electron chi connectivity index (χ4n) is 0.644. The van der Waals surface area contributed by atoms with Crippen LogP contribution in [0.4, 0.5) is 5.95 Å². The van der Waals surface area contributed by atoms with Crippen molar-refractivity contribution in [3.05, 3.63) is 0 Å². The number of hydrogen-bond acceptors (Lipinski definition) is 4. The molecule has 1 aromatic rings. The average molecular weight is 158 g/mol. The van der Waals surface area contributed by atoms with E-state index < -0.39 is 0 Å². The van der Waals surface area contributed by atoms with Crippen molar-refractivity contribution in [2.24, 2.45) is 7.05 Å². The van der Waals surface area contributed by atoms with E-state index in [2.05, 4.69) is 17.0 Å². The topological polar surface area (TPSA) is 56.7 Å². The Morgan fingerprint density at radius 1 is 1.70 bits per heavy atom. The summed E-state index contributed by atoms with van der Waals surface area (Å²) in [6.07, 6.45) is 0. The lowest BCUT2D eigenvalue weighted by atomic mass is 11.0. The van der Waals surface area contributed by atoms with Gasteiger partial charge in [0.2, 0.25) is 5.95 Å². The molecule has 0 amide bonds. The molecule has 1 heterocycles. The lowest BCUT2D eigenvalue weighted by molar-refractivity contribution is 0.686. The SMILES string of the molecule is CCSc1nc(N)nn1C. The number of nitrogens with two attached hydrogens (primary N) is 1. The molecule has 0 aliphatic heterocycles. The molecule has 5 heteroatoms. The number of nitrogens with zero attached hydrogens (tertiary/aromatic N) is 3. The van der Waals surface area contributed by atoms with Gasteiger partial charge in [0.25, 0.3) is 0 Å². The van der Waals surface area contributed by atoms with Gasteiger partial charge >= 0.3 is 0 Å². The summed E-state index contributed by atoms with van der Waals surface area (Å²) < 4.78 is 1.68. The lowest BCUT2D eigenvalue weighted by Crippen LogP contribution is -1.93. The number of nitrogen functional groups attached to an aromatic ring is 1. The van der Waals surface area contributed by atoms with Gasteiger partial charge in [-0.1, -0.05) is 18.7 Å². The van der Waals surface area contributed by atoms with Crippen molar-refractivity contribution in [1.29, 1.82) is 0 Å². The minimum absolute atomic E-state index is 0.346. The largest absolute Gasteiger partial charge is 0.366 e. The van der Waals surface area contributed by atoms with Crippen LogP contribution in [0.5, 0.6) is 0 Å². The van der Waals surface area contributed by atoms with Crippen molar-refractivity contribution in [3.63, 3.8) is 0 Å². The maximum absolute atomic E-state index is 5.35. The number of anilines is 1. The molecule has 0 aliphatic carbocycles. The predicted octanol–water partition coefficient (Wildman–Crippen LogP) is 0.509. The van der Waals surface area contributed by atoms with Crippen LogP contribution in [0.1, 0.15) is 6.92 Å². The highest BCUT2D eigenvalue weighted by Gasteiger charge is 2.01. The maximum atomic E-state index is 5.35. The molecule has 10 heavy (non-hydrogen) atoms. The molecule has 0 aromatic carbocycles. The van der Waals surface area contributed by atoms with E-state index in [0.29, 0.717) is 5.95 Å². The van der Waals surface area contributed by atoms with Crippen LogP contribution in [-0.2, 0) is 7.05 Å². The van der Waals surface area contributed by atoms with Crippen molar-refractivity contribution < 1.29 is 0 Å². The molecular weight excluding hydrogens is 148 g/mol. The first kappa shape index (κ1) is 7.40. The Hall–Kier alpha value is -0.710. The third-order valence-corrected chi connectivity index (χ3v) is 1.92. The molecule has 0 fully saturated rings. The van der Waals surface area contributed by atoms with E-state index >= 15 is 0 Å². The molecule has 0 unspecified atom stereocenters. The second-order valence-electron chi connectivity index (χ2n) is 1.81. The Labute approximate surface area is 63.8 Å². The van der Waals surface area contributed by atoms with Gasteiger partial charge in [0.15, 0.2) is 5.16 Å². The second-order valence-corrected chi connectivity index (χ2v) is 3.04. The highest BCUT2D eigenvalue weighted by molar-refractivity contribution is 7.99. The van der Waals surface area contributed by atoms with Crippen LogP contribution in [0.3, 0.4) is 0 Å². The highest BCUT2D eigenvalue weighted by atomic mass is 32.2. The summed E-state index contributed by atoms with van der Waals surface area (Å²) in [4.78, 5) is 3.99. The van der Waals surface area contributed by atoms with Gasteiger partial charge in [-0.2, -0.15) is 4.98 Å². The van der Waals surface area contributed by atoms with Gasteiger partial charge in [-0.15, -0.1) is 5.10 Å². The molecule has 0 radical (unpaired) electrons. The average Bonchev–Trinajstić information content (AvgIpc) is 2.13. The Morgan fingerprint density at radius 2 is 2.40 bits per heavy atom. The molecule has 0 saturated heterocycles. The molecule has 4 nitrogen and oxygen atoms in total. The molecular formula is C5H10N4S. The second kappa shape index (κ2) is 2.92. The van der Waals surface area contributed by atoms with Gasteiger partial charge < -0.3 is 5.73 Å². The summed E-state index contributed by atoms with van der Waals surface area (Å²) in [6, 6.07) is 0. The van der Waals surface area contributed by atoms with Gasteiger partial charge in [-0.25, -0.2) is 4.68 Å². The maximum Gasteiger partial charge on any atom is 0.240 e. The van der Waals surface area contributed by atoms with Crippen molar-refractivity contribution >= 4 is 17.7 Å². The van der Waals surface area contributed by atoms with Crippen molar-refractivity contribution in [2.45, 2.75) is 12.1 Å². The summed E-state index contributed by atoms with van der Waals surface area (Å²) in [5, 5.41) is 4.77. The summed E-state index contributed by atoms with van der Waals surface area (Å²) >= 11 is 1.63. The van der Waals surface area contributed by atoms with E-state index in [9.17, 15) is 0 Å². The number of thioether (sulfide) groups is 1. The first-order chi connectivity index (χ1) is 4.74. The van der Waals surface area contributed by atoms with Gasteiger partial charge in [-0.3, -0.25) is 0 Å². The van der Waals surface area contributed by atoms with Crippen LogP contribution in [0.2, 0.25) is 0 Å². The van der Waals surface area contributed by atoms with Crippen LogP contribution in [0.25, 0.3) is 0 Å². The molecule has 2 N–H and O–H groups in total. The van der Waals surface area contributed by atoms with E-state index in [0.717, 1.165) is 10.9 Å². The number of aromatic nitrogens is 3. The van der Waals surface area contributed by atoms with Crippen LogP contribution in [0, 0.1) is 0 Å². The van der Waals surface area contributed by atoms with Gasteiger partial charge in [0, 0.05) is 7.05 Å². The van der Waals surface area contributed by atoms with Crippen LogP contribution in [0.15, 0.2) is 5.16 Å². The fraction of sp³-hybridized carbons (Fsp3) is 0.600. The van der Waals surface area contributed by atoms with Gasteiger partial charge in [-0.05, 0) is 5.75 Å². The Bertz CT molecular complexity index is 219. The lowest BCUT2D eigenvalue weighted by Gasteiger charge is -1.92. The Balaban J connectivity index is 2.81. The molecule has 0 bridgehead atoms. The zero-order valence-corrected chi connectivity index (χ0v) is 6.85. The smallest absolute Gasteiger partial charge is 0.240 e. The minimum atomic E-state index is 0.346. The summed E-state index contributed by atoms with van der Waals surface area (Å²) in [7, 11) is 1.83. The van der Waals surface area contributed by atoms with Crippen LogP contribution < -0.4 is 5.73 Å². The summed E-state index contributed by atoms with van der Waals surface area (Å²) in [5.41, 5.74) is 5.35. The quantitative estimate of drug-likeness (QED) is 0.637. The summed E-state index contributed by atoms with van der Waals surface area (Å²) in [5.74, 6) is 1.34. The minimum Gasteiger partial charge on any atom is -0.366 e. The molecule has 0 aliphatic rings. The van der Waals surface area contributed by atoms with Crippen LogP contribution >= 0.6 is 11.8 Å². The third kappa shape index (κ3) is 1.41. The van der Waals surface area contributed by atoms with E-state index in [1.165, 1.54) is 0 Å². The normalized spacial score (nSPS) is 10.2. The fourth-order valence-corrected chi connectivity index (χ4v) is 1.29. The van der Waals surface area contributed by atoms with Crippen molar-refractivity contribution in [1.82, 2.24) is 14.8 Å². The highest BCUT2D eigenvalue weighted by Crippen LogP contribution is 2.13. The van der Waals surface area contributed by atoms with E-state index in [1.807, 2.05) is 7.05 Å². The number of rotatable bonds is 2. The summed E-state index contributed by atoms with van der Waals surface area (Å²) in [6.45, 7) is 2.07. The van der Waals surface area contributed by atoms with Crippen LogP contribution in [-0.4, -0.2) is 20.5 Å². The first-order valence-electron chi connectivity index (χ1n) is 3.03. The Morgan fingerprint density at radius 3 is 2.80 bits per heavy atom. The monoisotopic (exact) mass is 158 g/mol. The zero-order valence-electron chi connectivity index (χ0n) is 6.03. The molecule has 0 atom stereocenters. The van der Waals surface area contributed by atoms with Crippen molar-refractivity contribution in [3.8, 4) is 0 Å². The zero-order chi connectivity index (χ0) is 7.56.